The molecule has 0 spiro atoms. The van der Waals surface area contributed by atoms with Crippen molar-refractivity contribution in [2.24, 2.45) is 0 Å². The highest BCUT2D eigenvalue weighted by atomic mass is 32.2. The van der Waals surface area contributed by atoms with Crippen LogP contribution in [0, 0.1) is 11.3 Å². The largest absolute Gasteiger partial charge is 0.378 e. The third-order valence-corrected chi connectivity index (χ3v) is 5.30. The first-order valence-electron chi connectivity index (χ1n) is 6.70. The van der Waals surface area contributed by atoms with Crippen LogP contribution in [0.1, 0.15) is 25.3 Å². The zero-order valence-corrected chi connectivity index (χ0v) is 12.3. The Kier molecular flexibility index (Phi) is 4.76. The van der Waals surface area contributed by atoms with Crippen molar-refractivity contribution in [3.8, 4) is 6.07 Å². The highest BCUT2D eigenvalue weighted by molar-refractivity contribution is 7.89. The summed E-state index contributed by atoms with van der Waals surface area (Å²) in [5.74, 6) is 0. The average Bonchev–Trinajstić information content (AvgIpc) is 2.48. The third kappa shape index (κ3) is 3.18. The summed E-state index contributed by atoms with van der Waals surface area (Å²) < 4.78 is 32.0. The van der Waals surface area contributed by atoms with E-state index in [1.807, 2.05) is 13.0 Å². The van der Waals surface area contributed by atoms with E-state index in [2.05, 4.69) is 0 Å². The van der Waals surface area contributed by atoms with Gasteiger partial charge in [-0.15, -0.1) is 0 Å². The van der Waals surface area contributed by atoms with Crippen molar-refractivity contribution >= 4 is 10.0 Å². The number of nitriles is 1. The van der Waals surface area contributed by atoms with Gasteiger partial charge in [-0.05, 0) is 38.0 Å². The molecule has 0 aromatic heterocycles. The van der Waals surface area contributed by atoms with Crippen LogP contribution >= 0.6 is 0 Å². The van der Waals surface area contributed by atoms with E-state index in [0.717, 1.165) is 0 Å². The molecule has 1 aliphatic heterocycles. The lowest BCUT2D eigenvalue weighted by molar-refractivity contribution is 0.0290. The van der Waals surface area contributed by atoms with Gasteiger partial charge >= 0.3 is 0 Å². The SMILES string of the molecule is CCOC1CCN(S(=O)(=O)c2cccc(C#N)c2)CC1. The molecule has 0 radical (unpaired) electrons. The smallest absolute Gasteiger partial charge is 0.243 e. The summed E-state index contributed by atoms with van der Waals surface area (Å²) in [4.78, 5) is 0.186. The Hall–Kier alpha value is -1.42. The third-order valence-electron chi connectivity index (χ3n) is 3.40. The van der Waals surface area contributed by atoms with Crippen molar-refractivity contribution in [1.82, 2.24) is 4.31 Å². The van der Waals surface area contributed by atoms with Crippen LogP contribution in [-0.4, -0.2) is 38.5 Å². The zero-order chi connectivity index (χ0) is 14.6. The summed E-state index contributed by atoms with van der Waals surface area (Å²) in [6.07, 6.45) is 1.58. The van der Waals surface area contributed by atoms with Gasteiger partial charge in [-0.25, -0.2) is 8.42 Å². The molecule has 1 aromatic carbocycles. The molecule has 5 nitrogen and oxygen atoms in total. The van der Waals surface area contributed by atoms with E-state index in [-0.39, 0.29) is 11.0 Å². The Morgan fingerprint density at radius 1 is 1.40 bits per heavy atom. The Labute approximate surface area is 119 Å². The van der Waals surface area contributed by atoms with Crippen molar-refractivity contribution in [1.29, 1.82) is 5.26 Å². The van der Waals surface area contributed by atoms with E-state index in [1.165, 1.54) is 16.4 Å². The fraction of sp³-hybridized carbons (Fsp3) is 0.500. The van der Waals surface area contributed by atoms with Crippen LogP contribution in [0.4, 0.5) is 0 Å². The van der Waals surface area contributed by atoms with Gasteiger partial charge in [0.15, 0.2) is 0 Å². The van der Waals surface area contributed by atoms with Gasteiger partial charge in [0.05, 0.1) is 22.6 Å². The summed E-state index contributed by atoms with van der Waals surface area (Å²) in [5.41, 5.74) is 0.357. The van der Waals surface area contributed by atoms with Crippen LogP contribution in [-0.2, 0) is 14.8 Å². The number of piperidine rings is 1. The number of nitrogens with zero attached hydrogens (tertiary/aromatic N) is 2. The Bertz CT molecular complexity index is 599. The summed E-state index contributed by atoms with van der Waals surface area (Å²) in [6, 6.07) is 8.11. The molecule has 1 fully saturated rings. The summed E-state index contributed by atoms with van der Waals surface area (Å²) in [6.45, 7) is 3.52. The standard InChI is InChI=1S/C14H18N2O3S/c1-2-19-13-6-8-16(9-7-13)20(17,18)14-5-3-4-12(10-14)11-15/h3-5,10,13H,2,6-9H2,1H3. The number of benzene rings is 1. The van der Waals surface area contributed by atoms with Crippen LogP contribution in [0.15, 0.2) is 29.2 Å². The van der Waals surface area contributed by atoms with E-state index in [0.29, 0.717) is 38.1 Å². The highest BCUT2D eigenvalue weighted by Crippen LogP contribution is 2.22. The maximum Gasteiger partial charge on any atom is 0.243 e. The second-order valence-electron chi connectivity index (χ2n) is 4.70. The molecule has 1 aliphatic rings. The van der Waals surface area contributed by atoms with Crippen LogP contribution < -0.4 is 0 Å². The molecule has 2 rings (SSSR count). The lowest BCUT2D eigenvalue weighted by Crippen LogP contribution is -2.40. The Morgan fingerprint density at radius 3 is 2.70 bits per heavy atom. The van der Waals surface area contributed by atoms with E-state index in [4.69, 9.17) is 10.00 Å². The van der Waals surface area contributed by atoms with Crippen LogP contribution in [0.2, 0.25) is 0 Å². The van der Waals surface area contributed by atoms with Gasteiger partial charge in [0, 0.05) is 19.7 Å². The van der Waals surface area contributed by atoms with Gasteiger partial charge in [0.2, 0.25) is 10.0 Å². The molecule has 0 N–H and O–H groups in total. The van der Waals surface area contributed by atoms with E-state index >= 15 is 0 Å². The minimum Gasteiger partial charge on any atom is -0.378 e. The number of ether oxygens (including phenoxy) is 1. The van der Waals surface area contributed by atoms with Crippen LogP contribution in [0.3, 0.4) is 0 Å². The monoisotopic (exact) mass is 294 g/mol. The molecular weight excluding hydrogens is 276 g/mol. The minimum absolute atomic E-state index is 0.150. The second-order valence-corrected chi connectivity index (χ2v) is 6.64. The van der Waals surface area contributed by atoms with Gasteiger partial charge in [-0.3, -0.25) is 0 Å². The fourth-order valence-corrected chi connectivity index (χ4v) is 3.87. The molecule has 1 heterocycles. The van der Waals surface area contributed by atoms with E-state index in [9.17, 15) is 8.42 Å². The maximum absolute atomic E-state index is 12.5. The molecule has 108 valence electrons. The zero-order valence-electron chi connectivity index (χ0n) is 11.4. The van der Waals surface area contributed by atoms with Crippen molar-refractivity contribution < 1.29 is 13.2 Å². The summed E-state index contributed by atoms with van der Waals surface area (Å²) >= 11 is 0. The topological polar surface area (TPSA) is 70.4 Å². The average molecular weight is 294 g/mol. The fourth-order valence-electron chi connectivity index (χ4n) is 2.35. The summed E-state index contributed by atoms with van der Waals surface area (Å²) in [7, 11) is -3.51. The normalized spacial score (nSPS) is 17.8. The second kappa shape index (κ2) is 6.35. The molecule has 1 aromatic rings. The van der Waals surface area contributed by atoms with Gasteiger partial charge in [-0.2, -0.15) is 9.57 Å². The predicted molar refractivity (Wildman–Crippen MR) is 74.6 cm³/mol. The molecule has 0 bridgehead atoms. The maximum atomic E-state index is 12.5. The van der Waals surface area contributed by atoms with Crippen molar-refractivity contribution in [2.45, 2.75) is 30.8 Å². The molecule has 20 heavy (non-hydrogen) atoms. The highest BCUT2D eigenvalue weighted by Gasteiger charge is 2.29. The lowest BCUT2D eigenvalue weighted by Gasteiger charge is -2.30. The van der Waals surface area contributed by atoms with Crippen molar-refractivity contribution in [3.63, 3.8) is 0 Å². The molecule has 1 saturated heterocycles. The van der Waals surface area contributed by atoms with E-state index < -0.39 is 10.0 Å². The molecule has 0 amide bonds. The first-order chi connectivity index (χ1) is 9.57. The minimum atomic E-state index is -3.51. The lowest BCUT2D eigenvalue weighted by atomic mass is 10.1. The van der Waals surface area contributed by atoms with Gasteiger partial charge < -0.3 is 4.74 Å². The van der Waals surface area contributed by atoms with Crippen molar-refractivity contribution in [3.05, 3.63) is 29.8 Å². The molecule has 0 unspecified atom stereocenters. The first-order valence-corrected chi connectivity index (χ1v) is 8.14. The molecule has 0 saturated carbocycles. The molecule has 0 aliphatic carbocycles. The van der Waals surface area contributed by atoms with E-state index in [1.54, 1.807) is 12.1 Å². The quantitative estimate of drug-likeness (QED) is 0.848. The Morgan fingerprint density at radius 2 is 2.10 bits per heavy atom. The van der Waals surface area contributed by atoms with Crippen LogP contribution in [0.5, 0.6) is 0 Å². The van der Waals surface area contributed by atoms with Gasteiger partial charge in [0.1, 0.15) is 0 Å². The number of rotatable bonds is 4. The number of hydrogen-bond donors (Lipinski definition) is 0. The molecule has 0 atom stereocenters. The Balaban J connectivity index is 2.13. The number of sulfonamides is 1. The number of hydrogen-bond acceptors (Lipinski definition) is 4. The van der Waals surface area contributed by atoms with Crippen molar-refractivity contribution in [2.75, 3.05) is 19.7 Å². The van der Waals surface area contributed by atoms with Crippen LogP contribution in [0.25, 0.3) is 0 Å². The molecule has 6 heteroatoms. The van der Waals surface area contributed by atoms with Gasteiger partial charge in [-0.1, -0.05) is 6.07 Å². The van der Waals surface area contributed by atoms with Gasteiger partial charge in [0.25, 0.3) is 0 Å². The first kappa shape index (κ1) is 15.0. The predicted octanol–water partition coefficient (Wildman–Crippen LogP) is 1.75. The molecular formula is C14H18N2O3S. The summed E-state index contributed by atoms with van der Waals surface area (Å²) in [5, 5.41) is 8.86.